The van der Waals surface area contributed by atoms with Crippen LogP contribution in [0.5, 0.6) is 0 Å². The molecule has 1 amide bonds. The fourth-order valence-electron chi connectivity index (χ4n) is 2.72. The van der Waals surface area contributed by atoms with E-state index < -0.39 is 12.1 Å². The highest BCUT2D eigenvalue weighted by atomic mass is 16.8. The molecular formula is C17H23NO4. The monoisotopic (exact) mass is 305 g/mol. The fraction of sp³-hybridized carbons (Fsp3) is 0.529. The van der Waals surface area contributed by atoms with Crippen LogP contribution in [0.2, 0.25) is 0 Å². The van der Waals surface area contributed by atoms with Crippen molar-refractivity contribution in [1.29, 1.82) is 0 Å². The zero-order valence-corrected chi connectivity index (χ0v) is 13.0. The smallest absolute Gasteiger partial charge is 0.429 e. The summed E-state index contributed by atoms with van der Waals surface area (Å²) in [4.78, 5) is 28.4. The van der Waals surface area contributed by atoms with Gasteiger partial charge in [-0.2, -0.15) is 5.48 Å². The van der Waals surface area contributed by atoms with Crippen molar-refractivity contribution in [2.45, 2.75) is 58.0 Å². The molecule has 120 valence electrons. The molecule has 0 heterocycles. The molecule has 0 bridgehead atoms. The topological polar surface area (TPSA) is 64.6 Å². The second kappa shape index (κ2) is 8.41. The number of amides is 1. The summed E-state index contributed by atoms with van der Waals surface area (Å²) in [6.07, 6.45) is 5.85. The molecule has 0 aromatic heterocycles. The molecular weight excluding hydrogens is 282 g/mol. The van der Waals surface area contributed by atoms with Gasteiger partial charge in [0.2, 0.25) is 0 Å². The number of rotatable bonds is 4. The van der Waals surface area contributed by atoms with E-state index in [1.807, 2.05) is 19.1 Å². The zero-order valence-electron chi connectivity index (χ0n) is 13.0. The van der Waals surface area contributed by atoms with Crippen molar-refractivity contribution in [2.24, 2.45) is 0 Å². The lowest BCUT2D eigenvalue weighted by atomic mass is 9.98. The fourth-order valence-corrected chi connectivity index (χ4v) is 2.72. The highest BCUT2D eigenvalue weighted by Gasteiger charge is 2.20. The first-order valence-corrected chi connectivity index (χ1v) is 7.96. The maximum atomic E-state index is 12.1. The number of hydrogen-bond acceptors (Lipinski definition) is 4. The summed E-state index contributed by atoms with van der Waals surface area (Å²) in [7, 11) is 0. The van der Waals surface area contributed by atoms with Crippen LogP contribution in [0, 0.1) is 0 Å². The van der Waals surface area contributed by atoms with Crippen LogP contribution in [0.15, 0.2) is 24.3 Å². The molecule has 2 rings (SSSR count). The van der Waals surface area contributed by atoms with Gasteiger partial charge < -0.3 is 9.57 Å². The van der Waals surface area contributed by atoms with Crippen LogP contribution in [0.3, 0.4) is 0 Å². The number of carbonyl (C=O) groups is 2. The van der Waals surface area contributed by atoms with Crippen LogP contribution >= 0.6 is 0 Å². The van der Waals surface area contributed by atoms with Gasteiger partial charge in [0.25, 0.3) is 5.91 Å². The highest BCUT2D eigenvalue weighted by Crippen LogP contribution is 2.20. The van der Waals surface area contributed by atoms with Crippen molar-refractivity contribution in [3.05, 3.63) is 35.4 Å². The summed E-state index contributed by atoms with van der Waals surface area (Å²) >= 11 is 0. The third-order valence-corrected chi connectivity index (χ3v) is 3.82. The number of hydroxylamine groups is 1. The number of carbonyl (C=O) groups excluding carboxylic acids is 2. The SMILES string of the molecule is CCCc1ccccc1C(=O)NOC(=O)OC1CCCCC1. The Balaban J connectivity index is 1.83. The van der Waals surface area contributed by atoms with E-state index in [1.54, 1.807) is 12.1 Å². The highest BCUT2D eigenvalue weighted by molar-refractivity contribution is 5.95. The van der Waals surface area contributed by atoms with Crippen LogP contribution < -0.4 is 5.48 Å². The summed E-state index contributed by atoms with van der Waals surface area (Å²) in [5, 5.41) is 0. The Morgan fingerprint density at radius 1 is 1.18 bits per heavy atom. The lowest BCUT2D eigenvalue weighted by molar-refractivity contribution is -0.0134. The van der Waals surface area contributed by atoms with Gasteiger partial charge in [0.05, 0.1) is 0 Å². The molecule has 0 saturated heterocycles. The molecule has 5 heteroatoms. The molecule has 5 nitrogen and oxygen atoms in total. The molecule has 1 N–H and O–H groups in total. The Morgan fingerprint density at radius 2 is 1.91 bits per heavy atom. The number of hydrogen-bond donors (Lipinski definition) is 1. The lowest BCUT2D eigenvalue weighted by Gasteiger charge is -2.21. The normalized spacial score (nSPS) is 15.1. The van der Waals surface area contributed by atoms with Gasteiger partial charge in [0, 0.05) is 5.56 Å². The van der Waals surface area contributed by atoms with Crippen LogP contribution in [-0.4, -0.2) is 18.2 Å². The van der Waals surface area contributed by atoms with Crippen LogP contribution in [-0.2, 0) is 16.0 Å². The standard InChI is InChI=1S/C17H23NO4/c1-2-8-13-9-6-7-12-15(13)16(19)18-22-17(20)21-14-10-4-3-5-11-14/h6-7,9,12,14H,2-5,8,10-11H2,1H3,(H,18,19). The van der Waals surface area contributed by atoms with E-state index in [4.69, 9.17) is 9.57 Å². The van der Waals surface area contributed by atoms with Crippen molar-refractivity contribution < 1.29 is 19.2 Å². The van der Waals surface area contributed by atoms with Gasteiger partial charge in [0.15, 0.2) is 0 Å². The van der Waals surface area contributed by atoms with Gasteiger partial charge >= 0.3 is 6.16 Å². The van der Waals surface area contributed by atoms with Crippen LogP contribution in [0.25, 0.3) is 0 Å². The summed E-state index contributed by atoms with van der Waals surface area (Å²) in [6, 6.07) is 7.29. The van der Waals surface area contributed by atoms with E-state index in [-0.39, 0.29) is 6.10 Å². The first-order valence-electron chi connectivity index (χ1n) is 7.96. The van der Waals surface area contributed by atoms with Gasteiger partial charge in [-0.25, -0.2) is 4.79 Å². The Morgan fingerprint density at radius 3 is 2.64 bits per heavy atom. The van der Waals surface area contributed by atoms with Crippen LogP contribution in [0.4, 0.5) is 4.79 Å². The largest absolute Gasteiger partial charge is 0.533 e. The van der Waals surface area contributed by atoms with Crippen molar-refractivity contribution >= 4 is 12.1 Å². The van der Waals surface area contributed by atoms with Gasteiger partial charge in [0.1, 0.15) is 6.10 Å². The minimum absolute atomic E-state index is 0.0921. The molecule has 22 heavy (non-hydrogen) atoms. The van der Waals surface area contributed by atoms with E-state index in [2.05, 4.69) is 5.48 Å². The molecule has 1 fully saturated rings. The average molecular weight is 305 g/mol. The molecule has 0 spiro atoms. The summed E-state index contributed by atoms with van der Waals surface area (Å²) in [5.74, 6) is -0.426. The van der Waals surface area contributed by atoms with Crippen molar-refractivity contribution in [1.82, 2.24) is 5.48 Å². The Labute approximate surface area is 130 Å². The van der Waals surface area contributed by atoms with E-state index in [1.165, 1.54) is 6.42 Å². The molecule has 1 aliphatic rings. The molecule has 0 atom stereocenters. The summed E-state index contributed by atoms with van der Waals surface area (Å²) in [6.45, 7) is 2.05. The first kappa shape index (κ1) is 16.3. The zero-order chi connectivity index (χ0) is 15.8. The molecule has 0 unspecified atom stereocenters. The van der Waals surface area contributed by atoms with Crippen LogP contribution in [0.1, 0.15) is 61.4 Å². The van der Waals surface area contributed by atoms with E-state index >= 15 is 0 Å². The van der Waals surface area contributed by atoms with Crippen molar-refractivity contribution in [3.63, 3.8) is 0 Å². The molecule has 1 aromatic rings. The molecule has 0 aliphatic heterocycles. The average Bonchev–Trinajstić information content (AvgIpc) is 2.54. The maximum absolute atomic E-state index is 12.1. The Hall–Kier alpha value is -2.04. The van der Waals surface area contributed by atoms with Gasteiger partial charge in [-0.1, -0.05) is 38.0 Å². The van der Waals surface area contributed by atoms with Crippen molar-refractivity contribution in [3.8, 4) is 0 Å². The van der Waals surface area contributed by atoms with E-state index in [0.717, 1.165) is 44.1 Å². The molecule has 1 saturated carbocycles. The Bertz CT molecular complexity index is 509. The Kier molecular flexibility index (Phi) is 6.25. The second-order valence-electron chi connectivity index (χ2n) is 5.57. The quantitative estimate of drug-likeness (QED) is 0.679. The minimum Gasteiger partial charge on any atom is -0.429 e. The number of benzene rings is 1. The third kappa shape index (κ3) is 4.76. The summed E-state index contributed by atoms with van der Waals surface area (Å²) in [5.41, 5.74) is 3.63. The predicted octanol–water partition coefficient (Wildman–Crippen LogP) is 3.77. The molecule has 1 aromatic carbocycles. The lowest BCUT2D eigenvalue weighted by Crippen LogP contribution is -2.30. The summed E-state index contributed by atoms with van der Waals surface area (Å²) < 4.78 is 5.18. The van der Waals surface area contributed by atoms with E-state index in [9.17, 15) is 9.59 Å². The number of ether oxygens (including phenoxy) is 1. The molecule has 1 aliphatic carbocycles. The number of nitrogens with one attached hydrogen (secondary N) is 1. The maximum Gasteiger partial charge on any atom is 0.533 e. The minimum atomic E-state index is -0.840. The van der Waals surface area contributed by atoms with Gasteiger partial charge in [-0.05, 0) is 43.7 Å². The van der Waals surface area contributed by atoms with E-state index in [0.29, 0.717) is 5.56 Å². The van der Waals surface area contributed by atoms with Crippen molar-refractivity contribution in [2.75, 3.05) is 0 Å². The molecule has 0 radical (unpaired) electrons. The van der Waals surface area contributed by atoms with Gasteiger partial charge in [-0.15, -0.1) is 0 Å². The van der Waals surface area contributed by atoms with Gasteiger partial charge in [-0.3, -0.25) is 4.79 Å². The third-order valence-electron chi connectivity index (χ3n) is 3.82. The first-order chi connectivity index (χ1) is 10.7. The number of aryl methyl sites for hydroxylation is 1. The second-order valence-corrected chi connectivity index (χ2v) is 5.57. The predicted molar refractivity (Wildman–Crippen MR) is 82.3 cm³/mol.